The van der Waals surface area contributed by atoms with Crippen LogP contribution in [0.25, 0.3) is 0 Å². The van der Waals surface area contributed by atoms with E-state index < -0.39 is 4.92 Å². The summed E-state index contributed by atoms with van der Waals surface area (Å²) in [6, 6.07) is 12.6. The highest BCUT2D eigenvalue weighted by Gasteiger charge is 2.07. The number of rotatable bonds is 2. The van der Waals surface area contributed by atoms with Gasteiger partial charge >= 0.3 is 0 Å². The van der Waals surface area contributed by atoms with E-state index in [0.717, 1.165) is 10.0 Å². The lowest BCUT2D eigenvalue weighted by atomic mass is 10.1. The molecule has 2 aromatic rings. The number of hydrogen-bond acceptors (Lipinski definition) is 3. The van der Waals surface area contributed by atoms with Gasteiger partial charge in [0.2, 0.25) is 5.78 Å². The number of carbonyl (C=O) groups excluding carboxylic acids is 1. The Kier molecular flexibility index (Phi) is 4.28. The van der Waals surface area contributed by atoms with Crippen molar-refractivity contribution in [3.05, 3.63) is 74.2 Å². The summed E-state index contributed by atoms with van der Waals surface area (Å²) >= 11 is 3.31. The summed E-state index contributed by atoms with van der Waals surface area (Å²) in [6.07, 6.45) is 0. The van der Waals surface area contributed by atoms with E-state index in [4.69, 9.17) is 0 Å². The highest BCUT2D eigenvalue weighted by atomic mass is 79.9. The van der Waals surface area contributed by atoms with Crippen LogP contribution in [0, 0.1) is 22.0 Å². The lowest BCUT2D eigenvalue weighted by molar-refractivity contribution is -0.384. The van der Waals surface area contributed by atoms with Gasteiger partial charge in [0, 0.05) is 27.7 Å². The molecule has 0 aliphatic carbocycles. The van der Waals surface area contributed by atoms with Crippen LogP contribution in [0.4, 0.5) is 5.69 Å². The first-order valence-electron chi connectivity index (χ1n) is 5.62. The molecule has 0 unspecified atom stereocenters. The molecule has 5 heteroatoms. The summed E-state index contributed by atoms with van der Waals surface area (Å²) in [7, 11) is 0. The Morgan fingerprint density at radius 2 is 1.65 bits per heavy atom. The van der Waals surface area contributed by atoms with E-state index in [1.54, 1.807) is 12.1 Å². The molecular formula is C15H8BrNO3. The van der Waals surface area contributed by atoms with Gasteiger partial charge in [-0.2, -0.15) is 0 Å². The van der Waals surface area contributed by atoms with Crippen molar-refractivity contribution in [2.24, 2.45) is 0 Å². The molecule has 0 bridgehead atoms. The maximum atomic E-state index is 11.8. The number of carbonyl (C=O) groups is 1. The fourth-order valence-corrected chi connectivity index (χ4v) is 1.73. The number of hydrogen-bond donors (Lipinski definition) is 0. The van der Waals surface area contributed by atoms with Crippen LogP contribution in [-0.2, 0) is 0 Å². The Bertz CT molecular complexity index is 710. The molecule has 0 amide bonds. The van der Waals surface area contributed by atoms with E-state index in [2.05, 4.69) is 27.8 Å². The third-order valence-corrected chi connectivity index (χ3v) is 3.03. The minimum absolute atomic E-state index is 0.0533. The van der Waals surface area contributed by atoms with E-state index in [-0.39, 0.29) is 11.5 Å². The van der Waals surface area contributed by atoms with Crippen LogP contribution in [0.3, 0.4) is 0 Å². The van der Waals surface area contributed by atoms with Crippen molar-refractivity contribution in [1.29, 1.82) is 0 Å². The van der Waals surface area contributed by atoms with Crippen molar-refractivity contribution in [3.63, 3.8) is 0 Å². The van der Waals surface area contributed by atoms with Crippen molar-refractivity contribution < 1.29 is 9.72 Å². The predicted octanol–water partition coefficient (Wildman–Crippen LogP) is 3.59. The van der Waals surface area contributed by atoms with Crippen molar-refractivity contribution in [1.82, 2.24) is 0 Å². The molecule has 20 heavy (non-hydrogen) atoms. The number of Topliss-reactive ketones (excluding diaryl/α,β-unsaturated/α-hetero) is 1. The Balaban J connectivity index is 2.16. The van der Waals surface area contributed by atoms with Crippen LogP contribution in [-0.4, -0.2) is 10.7 Å². The SMILES string of the molecule is O=C(C#Cc1ccc(Br)cc1)c1ccc([N+](=O)[O-])cc1. The first-order valence-corrected chi connectivity index (χ1v) is 6.42. The van der Waals surface area contributed by atoms with Gasteiger partial charge in [-0.05, 0) is 42.3 Å². The van der Waals surface area contributed by atoms with Crippen LogP contribution in [0.2, 0.25) is 0 Å². The van der Waals surface area contributed by atoms with Gasteiger partial charge in [-0.1, -0.05) is 21.9 Å². The Labute approximate surface area is 123 Å². The Morgan fingerprint density at radius 1 is 1.05 bits per heavy atom. The van der Waals surface area contributed by atoms with Crippen LogP contribution in [0.5, 0.6) is 0 Å². The van der Waals surface area contributed by atoms with E-state index in [0.29, 0.717) is 5.56 Å². The fourth-order valence-electron chi connectivity index (χ4n) is 1.47. The smallest absolute Gasteiger partial charge is 0.269 e. The molecule has 0 saturated carbocycles. The van der Waals surface area contributed by atoms with Crippen molar-refractivity contribution in [2.45, 2.75) is 0 Å². The lowest BCUT2D eigenvalue weighted by Gasteiger charge is -1.94. The van der Waals surface area contributed by atoms with Gasteiger partial charge in [-0.25, -0.2) is 0 Å². The summed E-state index contributed by atoms with van der Waals surface area (Å²) in [5.74, 6) is 4.89. The molecular weight excluding hydrogens is 322 g/mol. The second kappa shape index (κ2) is 6.13. The minimum Gasteiger partial charge on any atom is -0.279 e. The fraction of sp³-hybridized carbons (Fsp3) is 0. The van der Waals surface area contributed by atoms with Gasteiger partial charge < -0.3 is 0 Å². The third-order valence-electron chi connectivity index (χ3n) is 2.50. The van der Waals surface area contributed by atoms with E-state index in [1.807, 2.05) is 12.1 Å². The molecule has 0 aliphatic heterocycles. The number of ketones is 1. The highest BCUT2D eigenvalue weighted by molar-refractivity contribution is 9.10. The second-order valence-corrected chi connectivity index (χ2v) is 4.81. The molecule has 0 N–H and O–H groups in total. The van der Waals surface area contributed by atoms with Gasteiger partial charge in [0.1, 0.15) is 0 Å². The average molecular weight is 330 g/mol. The van der Waals surface area contributed by atoms with Gasteiger partial charge in [0.25, 0.3) is 5.69 Å². The van der Waals surface area contributed by atoms with Gasteiger partial charge in [0.15, 0.2) is 0 Å². The van der Waals surface area contributed by atoms with Gasteiger partial charge in [0.05, 0.1) is 4.92 Å². The molecule has 0 fully saturated rings. The normalized spacial score (nSPS) is 9.45. The molecule has 2 rings (SSSR count). The zero-order valence-corrected chi connectivity index (χ0v) is 11.8. The molecule has 0 radical (unpaired) electrons. The molecule has 0 atom stereocenters. The standard InChI is InChI=1S/C15H8BrNO3/c16-13-6-1-11(2-7-13)3-10-15(18)12-4-8-14(9-5-12)17(19)20/h1-2,4-9H. The van der Waals surface area contributed by atoms with Crippen molar-refractivity contribution in [3.8, 4) is 11.8 Å². The van der Waals surface area contributed by atoms with E-state index in [9.17, 15) is 14.9 Å². The Morgan fingerprint density at radius 3 is 2.20 bits per heavy atom. The molecule has 0 aromatic heterocycles. The second-order valence-electron chi connectivity index (χ2n) is 3.89. The molecule has 98 valence electrons. The maximum absolute atomic E-state index is 11.8. The number of nitro benzene ring substituents is 1. The van der Waals surface area contributed by atoms with Crippen molar-refractivity contribution >= 4 is 27.4 Å². The zero-order chi connectivity index (χ0) is 14.5. The summed E-state index contributed by atoms with van der Waals surface area (Å²) in [5, 5.41) is 10.5. The average Bonchev–Trinajstić information content (AvgIpc) is 2.46. The van der Waals surface area contributed by atoms with Crippen LogP contribution >= 0.6 is 15.9 Å². The first-order chi connectivity index (χ1) is 9.56. The van der Waals surface area contributed by atoms with Gasteiger partial charge in [-0.15, -0.1) is 0 Å². The van der Waals surface area contributed by atoms with E-state index >= 15 is 0 Å². The minimum atomic E-state index is -0.512. The number of benzene rings is 2. The Hall–Kier alpha value is -2.45. The van der Waals surface area contributed by atoms with Gasteiger partial charge in [-0.3, -0.25) is 14.9 Å². The van der Waals surface area contributed by atoms with Crippen LogP contribution in [0.1, 0.15) is 15.9 Å². The molecule has 0 heterocycles. The maximum Gasteiger partial charge on any atom is 0.269 e. The summed E-state index contributed by atoms with van der Waals surface area (Å²) < 4.78 is 0.935. The largest absolute Gasteiger partial charge is 0.279 e. The molecule has 0 spiro atoms. The molecule has 0 aliphatic rings. The monoisotopic (exact) mass is 329 g/mol. The number of halogens is 1. The van der Waals surface area contributed by atoms with Crippen LogP contribution < -0.4 is 0 Å². The lowest BCUT2D eigenvalue weighted by Crippen LogP contribution is -1.95. The highest BCUT2D eigenvalue weighted by Crippen LogP contribution is 2.12. The quantitative estimate of drug-likeness (QED) is 0.366. The number of non-ortho nitro benzene ring substituents is 1. The summed E-state index contributed by atoms with van der Waals surface area (Å²) in [4.78, 5) is 21.8. The zero-order valence-electron chi connectivity index (χ0n) is 10.2. The number of nitro groups is 1. The van der Waals surface area contributed by atoms with Crippen LogP contribution in [0.15, 0.2) is 53.0 Å². The first kappa shape index (κ1) is 14.0. The predicted molar refractivity (Wildman–Crippen MR) is 78.4 cm³/mol. The molecule has 2 aromatic carbocycles. The summed E-state index contributed by atoms with van der Waals surface area (Å²) in [6.45, 7) is 0. The third kappa shape index (κ3) is 3.53. The van der Waals surface area contributed by atoms with E-state index in [1.165, 1.54) is 24.3 Å². The topological polar surface area (TPSA) is 60.2 Å². The molecule has 4 nitrogen and oxygen atoms in total. The molecule has 0 saturated heterocycles. The van der Waals surface area contributed by atoms with Crippen molar-refractivity contribution in [2.75, 3.05) is 0 Å². The number of nitrogens with zero attached hydrogens (tertiary/aromatic N) is 1. The summed E-state index contributed by atoms with van der Waals surface area (Å²) in [5.41, 5.74) is 1.01.